The molecule has 7 heteroatoms. The SMILES string of the molecule is COc1cccc(C(=O)/C=C/c2ccc(OC)c(COc3cc(Cl)c(Cl)cc3Cl)c2)c1. The number of ether oxygens (including phenoxy) is 3. The van der Waals surface area contributed by atoms with Crippen molar-refractivity contribution in [1.82, 2.24) is 0 Å². The monoisotopic (exact) mass is 476 g/mol. The van der Waals surface area contributed by atoms with Crippen molar-refractivity contribution in [3.63, 3.8) is 0 Å². The van der Waals surface area contributed by atoms with E-state index in [9.17, 15) is 4.79 Å². The van der Waals surface area contributed by atoms with Crippen molar-refractivity contribution in [1.29, 1.82) is 0 Å². The normalized spacial score (nSPS) is 10.9. The molecule has 0 aliphatic heterocycles. The minimum atomic E-state index is -0.130. The van der Waals surface area contributed by atoms with Gasteiger partial charge < -0.3 is 14.2 Å². The number of hydrogen-bond donors (Lipinski definition) is 0. The van der Waals surface area contributed by atoms with E-state index in [-0.39, 0.29) is 12.4 Å². The smallest absolute Gasteiger partial charge is 0.185 e. The number of methoxy groups -OCH3 is 2. The predicted molar refractivity (Wildman–Crippen MR) is 125 cm³/mol. The molecule has 0 aliphatic carbocycles. The lowest BCUT2D eigenvalue weighted by Crippen LogP contribution is -2.00. The Hall–Kier alpha value is -2.66. The first-order valence-electron chi connectivity index (χ1n) is 9.22. The summed E-state index contributed by atoms with van der Waals surface area (Å²) in [5, 5.41) is 1.05. The fourth-order valence-electron chi connectivity index (χ4n) is 2.83. The van der Waals surface area contributed by atoms with Crippen molar-refractivity contribution in [2.24, 2.45) is 0 Å². The molecule has 0 bridgehead atoms. The van der Waals surface area contributed by atoms with Gasteiger partial charge in [0.1, 0.15) is 23.9 Å². The van der Waals surface area contributed by atoms with E-state index in [1.807, 2.05) is 18.2 Å². The summed E-state index contributed by atoms with van der Waals surface area (Å²) in [6, 6.07) is 15.6. The molecule has 0 heterocycles. The molecule has 0 radical (unpaired) electrons. The van der Waals surface area contributed by atoms with Crippen LogP contribution in [-0.4, -0.2) is 20.0 Å². The van der Waals surface area contributed by atoms with Gasteiger partial charge in [-0.2, -0.15) is 0 Å². The van der Waals surface area contributed by atoms with Crippen LogP contribution in [0, 0.1) is 0 Å². The number of hydrogen-bond acceptors (Lipinski definition) is 4. The highest BCUT2D eigenvalue weighted by Gasteiger charge is 2.10. The van der Waals surface area contributed by atoms with Crippen molar-refractivity contribution < 1.29 is 19.0 Å². The molecule has 31 heavy (non-hydrogen) atoms. The molecule has 0 saturated carbocycles. The number of carbonyl (C=O) groups is 1. The van der Waals surface area contributed by atoms with Crippen LogP contribution in [0.5, 0.6) is 17.2 Å². The van der Waals surface area contributed by atoms with Crippen LogP contribution in [0.2, 0.25) is 15.1 Å². The maximum absolute atomic E-state index is 12.5. The van der Waals surface area contributed by atoms with Crippen molar-refractivity contribution in [3.05, 3.63) is 92.4 Å². The maximum Gasteiger partial charge on any atom is 0.185 e. The lowest BCUT2D eigenvalue weighted by atomic mass is 10.1. The number of halogens is 3. The molecule has 0 aliphatic rings. The van der Waals surface area contributed by atoms with Crippen LogP contribution in [0.4, 0.5) is 0 Å². The van der Waals surface area contributed by atoms with E-state index < -0.39 is 0 Å². The van der Waals surface area contributed by atoms with Gasteiger partial charge in [0, 0.05) is 17.2 Å². The third-order valence-corrected chi connectivity index (χ3v) is 5.46. The van der Waals surface area contributed by atoms with E-state index in [1.165, 1.54) is 12.1 Å². The van der Waals surface area contributed by atoms with Crippen molar-refractivity contribution in [2.45, 2.75) is 6.61 Å². The van der Waals surface area contributed by atoms with Gasteiger partial charge in [0.2, 0.25) is 0 Å². The number of benzene rings is 3. The van der Waals surface area contributed by atoms with Gasteiger partial charge in [-0.3, -0.25) is 4.79 Å². The Kier molecular flexibility index (Phi) is 7.85. The molecule has 0 saturated heterocycles. The first-order valence-corrected chi connectivity index (χ1v) is 10.4. The molecule has 3 aromatic carbocycles. The van der Waals surface area contributed by atoms with Crippen molar-refractivity contribution in [3.8, 4) is 17.2 Å². The second-order valence-corrected chi connectivity index (χ2v) is 7.71. The van der Waals surface area contributed by atoms with Gasteiger partial charge in [0.25, 0.3) is 0 Å². The summed E-state index contributed by atoms with van der Waals surface area (Å²) >= 11 is 18.2. The molecule has 0 atom stereocenters. The zero-order valence-electron chi connectivity index (χ0n) is 16.8. The molecule has 0 N–H and O–H groups in total. The highest BCUT2D eigenvalue weighted by atomic mass is 35.5. The standard InChI is InChI=1S/C24H19Cl3O4/c1-29-18-5-3-4-16(11-18)22(28)8-6-15-7-9-23(30-2)17(10-15)14-31-24-13-20(26)19(25)12-21(24)27/h3-13H,14H2,1-2H3/b8-6+. The first kappa shape index (κ1) is 23.0. The second-order valence-electron chi connectivity index (χ2n) is 6.49. The summed E-state index contributed by atoms with van der Waals surface area (Å²) in [5.74, 6) is 1.55. The first-order chi connectivity index (χ1) is 14.9. The average molecular weight is 478 g/mol. The fraction of sp³-hybridized carbons (Fsp3) is 0.125. The summed E-state index contributed by atoms with van der Waals surface area (Å²) in [5.41, 5.74) is 2.14. The quantitative estimate of drug-likeness (QED) is 0.196. The van der Waals surface area contributed by atoms with Crippen molar-refractivity contribution in [2.75, 3.05) is 14.2 Å². The topological polar surface area (TPSA) is 44.8 Å². The van der Waals surface area contributed by atoms with E-state index >= 15 is 0 Å². The van der Waals surface area contributed by atoms with Gasteiger partial charge in [-0.15, -0.1) is 0 Å². The van der Waals surface area contributed by atoms with Crippen molar-refractivity contribution >= 4 is 46.7 Å². The van der Waals surface area contributed by atoms with Gasteiger partial charge >= 0.3 is 0 Å². The second kappa shape index (κ2) is 10.6. The molecule has 0 unspecified atom stereocenters. The number of carbonyl (C=O) groups excluding carboxylic acids is 1. The summed E-state index contributed by atoms with van der Waals surface area (Å²) in [6.07, 6.45) is 3.24. The van der Waals surface area contributed by atoms with E-state index in [0.29, 0.717) is 37.9 Å². The molecule has 0 spiro atoms. The summed E-state index contributed by atoms with van der Waals surface area (Å²) in [7, 11) is 3.14. The summed E-state index contributed by atoms with van der Waals surface area (Å²) in [6.45, 7) is 0.187. The van der Waals surface area contributed by atoms with E-state index in [0.717, 1.165) is 11.1 Å². The van der Waals surface area contributed by atoms with Crippen LogP contribution in [-0.2, 0) is 6.61 Å². The highest BCUT2D eigenvalue weighted by molar-refractivity contribution is 6.43. The molecular formula is C24H19Cl3O4. The zero-order chi connectivity index (χ0) is 22.4. The Morgan fingerprint density at radius 3 is 2.39 bits per heavy atom. The largest absolute Gasteiger partial charge is 0.497 e. The molecule has 3 rings (SSSR count). The number of rotatable bonds is 8. The van der Waals surface area contributed by atoms with E-state index in [2.05, 4.69) is 0 Å². The molecule has 0 fully saturated rings. The van der Waals surface area contributed by atoms with E-state index in [4.69, 9.17) is 49.0 Å². The Morgan fingerprint density at radius 2 is 1.65 bits per heavy atom. The number of ketones is 1. The minimum Gasteiger partial charge on any atom is -0.497 e. The third-order valence-electron chi connectivity index (χ3n) is 4.44. The number of allylic oxidation sites excluding steroid dienone is 1. The lowest BCUT2D eigenvalue weighted by Gasteiger charge is -2.13. The predicted octanol–water partition coefficient (Wildman–Crippen LogP) is 7.14. The highest BCUT2D eigenvalue weighted by Crippen LogP contribution is 2.34. The maximum atomic E-state index is 12.5. The Morgan fingerprint density at radius 1 is 0.871 bits per heavy atom. The van der Waals surface area contributed by atoms with Gasteiger partial charge in [-0.25, -0.2) is 0 Å². The lowest BCUT2D eigenvalue weighted by molar-refractivity contribution is 0.104. The van der Waals surface area contributed by atoms with Gasteiger partial charge in [0.05, 0.1) is 29.3 Å². The van der Waals surface area contributed by atoms with Crippen LogP contribution >= 0.6 is 34.8 Å². The zero-order valence-corrected chi connectivity index (χ0v) is 19.1. The summed E-state index contributed by atoms with van der Waals surface area (Å²) in [4.78, 5) is 12.5. The Balaban J connectivity index is 1.78. The van der Waals surface area contributed by atoms with Crippen LogP contribution in [0.15, 0.2) is 60.7 Å². The fourth-order valence-corrected chi connectivity index (χ4v) is 3.42. The molecule has 0 amide bonds. The minimum absolute atomic E-state index is 0.130. The average Bonchev–Trinajstić information content (AvgIpc) is 2.79. The van der Waals surface area contributed by atoms with Gasteiger partial charge in [-0.1, -0.05) is 59.1 Å². The third kappa shape index (κ3) is 5.95. The summed E-state index contributed by atoms with van der Waals surface area (Å²) < 4.78 is 16.4. The van der Waals surface area contributed by atoms with Crippen LogP contribution in [0.3, 0.4) is 0 Å². The molecule has 0 aromatic heterocycles. The van der Waals surface area contributed by atoms with E-state index in [1.54, 1.807) is 50.6 Å². The van der Waals surface area contributed by atoms with Crippen LogP contribution in [0.25, 0.3) is 6.08 Å². The van der Waals surface area contributed by atoms with Crippen LogP contribution in [0.1, 0.15) is 21.5 Å². The molecule has 4 nitrogen and oxygen atoms in total. The Bertz CT molecular complexity index is 1130. The Labute approximate surface area is 195 Å². The molecule has 160 valence electrons. The molecule has 3 aromatic rings. The van der Waals surface area contributed by atoms with Gasteiger partial charge in [-0.05, 0) is 42.0 Å². The van der Waals surface area contributed by atoms with Gasteiger partial charge in [0.15, 0.2) is 5.78 Å². The molecular weight excluding hydrogens is 459 g/mol. The van der Waals surface area contributed by atoms with Crippen LogP contribution < -0.4 is 14.2 Å².